The van der Waals surface area contributed by atoms with Crippen molar-refractivity contribution in [3.8, 4) is 6.07 Å². The van der Waals surface area contributed by atoms with Crippen LogP contribution in [-0.4, -0.2) is 24.5 Å². The van der Waals surface area contributed by atoms with Gasteiger partial charge in [-0.15, -0.1) is 0 Å². The van der Waals surface area contributed by atoms with Gasteiger partial charge in [-0.3, -0.25) is 0 Å². The first kappa shape index (κ1) is 13.0. The van der Waals surface area contributed by atoms with Gasteiger partial charge in [0.05, 0.1) is 6.07 Å². The molecule has 1 aromatic rings. The fourth-order valence-electron chi connectivity index (χ4n) is 1.56. The van der Waals surface area contributed by atoms with Gasteiger partial charge < -0.3 is 4.90 Å². The molecule has 0 heterocycles. The van der Waals surface area contributed by atoms with Gasteiger partial charge in [0, 0.05) is 24.0 Å². The van der Waals surface area contributed by atoms with Gasteiger partial charge >= 0.3 is 0 Å². The lowest BCUT2D eigenvalue weighted by Crippen LogP contribution is -2.31. The van der Waals surface area contributed by atoms with Gasteiger partial charge in [-0.2, -0.15) is 5.26 Å². The van der Waals surface area contributed by atoms with Crippen LogP contribution in [0.2, 0.25) is 5.02 Å². The molecular formula is C13H17ClN2. The highest BCUT2D eigenvalue weighted by molar-refractivity contribution is 6.30. The number of nitrogens with zero attached hydrogens (tertiary/aromatic N) is 2. The minimum Gasteiger partial charge on any atom is -0.302 e. The summed E-state index contributed by atoms with van der Waals surface area (Å²) in [5.41, 5.74) is 1.28. The van der Waals surface area contributed by atoms with Crippen LogP contribution in [0.15, 0.2) is 24.3 Å². The third kappa shape index (κ3) is 4.22. The van der Waals surface area contributed by atoms with Crippen molar-refractivity contribution < 1.29 is 0 Å². The molecule has 2 nitrogen and oxygen atoms in total. The fraction of sp³-hybridized carbons (Fsp3) is 0.462. The highest BCUT2D eigenvalue weighted by Gasteiger charge is 2.09. The minimum atomic E-state index is 0.439. The molecule has 0 spiro atoms. The summed E-state index contributed by atoms with van der Waals surface area (Å²) in [7, 11) is 2.05. The van der Waals surface area contributed by atoms with Crippen molar-refractivity contribution in [3.05, 3.63) is 34.9 Å². The molecule has 0 bridgehead atoms. The van der Waals surface area contributed by atoms with Crippen molar-refractivity contribution >= 4 is 11.6 Å². The monoisotopic (exact) mass is 236 g/mol. The zero-order valence-corrected chi connectivity index (χ0v) is 10.5. The predicted molar refractivity (Wildman–Crippen MR) is 67.5 cm³/mol. The predicted octanol–water partition coefficient (Wildman–Crippen LogP) is 3.12. The molecule has 86 valence electrons. The lowest BCUT2D eigenvalue weighted by molar-refractivity contribution is 0.262. The second-order valence-corrected chi connectivity index (χ2v) is 4.50. The SMILES string of the molecule is CC(Cc1ccc(Cl)cc1)N(C)CCC#N. The van der Waals surface area contributed by atoms with Crippen LogP contribution in [0.25, 0.3) is 0 Å². The molecule has 0 aliphatic carbocycles. The first-order valence-electron chi connectivity index (χ1n) is 5.45. The quantitative estimate of drug-likeness (QED) is 0.786. The van der Waals surface area contributed by atoms with Gasteiger partial charge in [0.25, 0.3) is 0 Å². The Balaban J connectivity index is 2.47. The summed E-state index contributed by atoms with van der Waals surface area (Å²) in [5.74, 6) is 0. The Kier molecular flexibility index (Phi) is 5.31. The maximum atomic E-state index is 8.53. The van der Waals surface area contributed by atoms with E-state index >= 15 is 0 Å². The maximum absolute atomic E-state index is 8.53. The summed E-state index contributed by atoms with van der Waals surface area (Å²) in [6, 6.07) is 10.5. The second-order valence-electron chi connectivity index (χ2n) is 4.07. The molecule has 0 fully saturated rings. The highest BCUT2D eigenvalue weighted by atomic mass is 35.5. The molecule has 0 saturated heterocycles. The normalized spacial score (nSPS) is 12.4. The Bertz CT molecular complexity index is 353. The fourth-order valence-corrected chi connectivity index (χ4v) is 1.69. The van der Waals surface area contributed by atoms with Crippen LogP contribution in [0.3, 0.4) is 0 Å². The number of nitriles is 1. The molecule has 0 amide bonds. The van der Waals surface area contributed by atoms with E-state index in [-0.39, 0.29) is 0 Å². The molecule has 0 aromatic heterocycles. The summed E-state index contributed by atoms with van der Waals surface area (Å²) in [4.78, 5) is 2.21. The zero-order valence-electron chi connectivity index (χ0n) is 9.78. The molecule has 1 unspecified atom stereocenters. The summed E-state index contributed by atoms with van der Waals surface area (Å²) in [5, 5.41) is 9.30. The first-order valence-corrected chi connectivity index (χ1v) is 5.83. The molecule has 0 saturated carbocycles. The number of benzene rings is 1. The Morgan fingerprint density at radius 1 is 1.38 bits per heavy atom. The lowest BCUT2D eigenvalue weighted by atomic mass is 10.1. The highest BCUT2D eigenvalue weighted by Crippen LogP contribution is 2.12. The van der Waals surface area contributed by atoms with E-state index < -0.39 is 0 Å². The maximum Gasteiger partial charge on any atom is 0.0635 e. The number of rotatable bonds is 5. The van der Waals surface area contributed by atoms with E-state index in [1.165, 1.54) is 5.56 Å². The molecule has 1 atom stereocenters. The van der Waals surface area contributed by atoms with Crippen LogP contribution in [-0.2, 0) is 6.42 Å². The van der Waals surface area contributed by atoms with E-state index in [2.05, 4.69) is 37.1 Å². The Hall–Kier alpha value is -1.04. The van der Waals surface area contributed by atoms with Gasteiger partial charge in [0.1, 0.15) is 0 Å². The smallest absolute Gasteiger partial charge is 0.0635 e. The van der Waals surface area contributed by atoms with Crippen molar-refractivity contribution in [2.45, 2.75) is 25.8 Å². The number of hydrogen-bond acceptors (Lipinski definition) is 2. The van der Waals surface area contributed by atoms with Gasteiger partial charge in [0.2, 0.25) is 0 Å². The van der Waals surface area contributed by atoms with Crippen molar-refractivity contribution in [1.82, 2.24) is 4.90 Å². The number of likely N-dealkylation sites (N-methyl/N-ethyl adjacent to an activating group) is 1. The topological polar surface area (TPSA) is 27.0 Å². The molecule has 0 aliphatic rings. The number of hydrogen-bond donors (Lipinski definition) is 0. The summed E-state index contributed by atoms with van der Waals surface area (Å²) in [6.07, 6.45) is 1.57. The van der Waals surface area contributed by atoms with Gasteiger partial charge in [-0.1, -0.05) is 23.7 Å². The summed E-state index contributed by atoms with van der Waals surface area (Å²) in [6.45, 7) is 3.00. The third-order valence-electron chi connectivity index (χ3n) is 2.77. The van der Waals surface area contributed by atoms with Crippen LogP contribution in [0, 0.1) is 11.3 Å². The van der Waals surface area contributed by atoms with E-state index in [0.29, 0.717) is 12.5 Å². The van der Waals surface area contributed by atoms with Crippen LogP contribution < -0.4 is 0 Å². The van der Waals surface area contributed by atoms with E-state index in [1.54, 1.807) is 0 Å². The molecule has 0 aliphatic heterocycles. The van der Waals surface area contributed by atoms with Gasteiger partial charge in [-0.25, -0.2) is 0 Å². The molecule has 1 aromatic carbocycles. The van der Waals surface area contributed by atoms with Crippen LogP contribution in [0.5, 0.6) is 0 Å². The molecule has 1 rings (SSSR count). The minimum absolute atomic E-state index is 0.439. The van der Waals surface area contributed by atoms with Crippen molar-refractivity contribution in [2.24, 2.45) is 0 Å². The number of halogens is 1. The Morgan fingerprint density at radius 2 is 2.00 bits per heavy atom. The molecule has 0 radical (unpaired) electrons. The summed E-state index contributed by atoms with van der Waals surface area (Å²) < 4.78 is 0. The molecule has 16 heavy (non-hydrogen) atoms. The van der Waals surface area contributed by atoms with Gasteiger partial charge in [-0.05, 0) is 38.1 Å². The van der Waals surface area contributed by atoms with Crippen molar-refractivity contribution in [3.63, 3.8) is 0 Å². The van der Waals surface area contributed by atoms with Crippen molar-refractivity contribution in [2.75, 3.05) is 13.6 Å². The average Bonchev–Trinajstić information content (AvgIpc) is 2.29. The molecular weight excluding hydrogens is 220 g/mol. The van der Waals surface area contributed by atoms with Gasteiger partial charge in [0.15, 0.2) is 0 Å². The van der Waals surface area contributed by atoms with E-state index in [4.69, 9.17) is 16.9 Å². The second kappa shape index (κ2) is 6.52. The Morgan fingerprint density at radius 3 is 2.56 bits per heavy atom. The van der Waals surface area contributed by atoms with E-state index in [0.717, 1.165) is 18.0 Å². The van der Waals surface area contributed by atoms with E-state index in [1.807, 2.05) is 12.1 Å². The van der Waals surface area contributed by atoms with Crippen molar-refractivity contribution in [1.29, 1.82) is 5.26 Å². The third-order valence-corrected chi connectivity index (χ3v) is 3.03. The Labute approximate surface area is 102 Å². The first-order chi connectivity index (χ1) is 7.63. The zero-order chi connectivity index (χ0) is 12.0. The molecule has 3 heteroatoms. The lowest BCUT2D eigenvalue weighted by Gasteiger charge is -2.23. The largest absolute Gasteiger partial charge is 0.302 e. The van der Waals surface area contributed by atoms with E-state index in [9.17, 15) is 0 Å². The van der Waals surface area contributed by atoms with Crippen LogP contribution >= 0.6 is 11.6 Å². The standard InChI is InChI=1S/C13H17ClN2/c1-11(16(2)9-3-8-15)10-12-4-6-13(14)7-5-12/h4-7,11H,3,9-10H2,1-2H3. The van der Waals surface area contributed by atoms with Crippen LogP contribution in [0.1, 0.15) is 18.9 Å². The average molecular weight is 237 g/mol. The van der Waals surface area contributed by atoms with Crippen LogP contribution in [0.4, 0.5) is 0 Å². The summed E-state index contributed by atoms with van der Waals surface area (Å²) >= 11 is 5.83. The molecule has 0 N–H and O–H groups in total.